The minimum Gasteiger partial charge on any atom is -0.338 e. The molecule has 2 heterocycles. The lowest BCUT2D eigenvalue weighted by Crippen LogP contribution is -2.52. The van der Waals surface area contributed by atoms with Crippen LogP contribution < -0.4 is 10.2 Å². The number of hydrogen-bond donors (Lipinski definition) is 1. The van der Waals surface area contributed by atoms with Crippen LogP contribution in [0, 0.1) is 5.82 Å². The summed E-state index contributed by atoms with van der Waals surface area (Å²) in [6, 6.07) is 8.32. The molecule has 1 fully saturated rings. The van der Waals surface area contributed by atoms with Gasteiger partial charge < -0.3 is 15.1 Å². The zero-order valence-electron chi connectivity index (χ0n) is 14.1. The van der Waals surface area contributed by atoms with E-state index in [2.05, 4.69) is 20.2 Å². The first-order valence-corrected chi connectivity index (χ1v) is 8.51. The van der Waals surface area contributed by atoms with Crippen molar-refractivity contribution in [2.24, 2.45) is 0 Å². The van der Waals surface area contributed by atoms with Gasteiger partial charge in [0.15, 0.2) is 0 Å². The molecule has 1 N–H and O–H groups in total. The van der Waals surface area contributed by atoms with Crippen LogP contribution >= 0.6 is 0 Å². The van der Waals surface area contributed by atoms with Crippen molar-refractivity contribution in [2.75, 3.05) is 37.6 Å². The fourth-order valence-electron chi connectivity index (χ4n) is 2.86. The van der Waals surface area contributed by atoms with Crippen LogP contribution in [-0.4, -0.2) is 53.6 Å². The zero-order chi connectivity index (χ0) is 17.5. The average molecular weight is 343 g/mol. The van der Waals surface area contributed by atoms with E-state index in [4.69, 9.17) is 0 Å². The Morgan fingerprint density at radius 3 is 2.60 bits per heavy atom. The lowest BCUT2D eigenvalue weighted by molar-refractivity contribution is 0.194. The highest BCUT2D eigenvalue weighted by Gasteiger charge is 2.21. The Morgan fingerprint density at radius 1 is 1.12 bits per heavy atom. The van der Waals surface area contributed by atoms with Crippen molar-refractivity contribution in [1.82, 2.24) is 20.2 Å². The van der Waals surface area contributed by atoms with E-state index in [1.807, 2.05) is 11.0 Å². The summed E-state index contributed by atoms with van der Waals surface area (Å²) in [5.74, 6) is 0.486. The molecule has 1 saturated heterocycles. The summed E-state index contributed by atoms with van der Waals surface area (Å²) in [6.45, 7) is 3.32. The summed E-state index contributed by atoms with van der Waals surface area (Å²) in [6.07, 6.45) is 4.98. The molecule has 0 spiro atoms. The number of halogens is 1. The molecule has 25 heavy (non-hydrogen) atoms. The monoisotopic (exact) mass is 343 g/mol. The van der Waals surface area contributed by atoms with Gasteiger partial charge in [-0.1, -0.05) is 12.1 Å². The molecule has 1 aromatic carbocycles. The summed E-state index contributed by atoms with van der Waals surface area (Å²) < 4.78 is 13.1. The molecule has 2 amide bonds. The van der Waals surface area contributed by atoms with Gasteiger partial charge >= 0.3 is 6.03 Å². The Morgan fingerprint density at radius 2 is 1.88 bits per heavy atom. The lowest BCUT2D eigenvalue weighted by atomic mass is 10.1. The molecule has 0 radical (unpaired) electrons. The summed E-state index contributed by atoms with van der Waals surface area (Å²) in [5, 5.41) is 2.94. The van der Waals surface area contributed by atoms with Crippen LogP contribution in [-0.2, 0) is 6.42 Å². The van der Waals surface area contributed by atoms with E-state index in [0.717, 1.165) is 31.5 Å². The Bertz CT molecular complexity index is 689. The predicted molar refractivity (Wildman–Crippen MR) is 93.9 cm³/mol. The number of piperazine rings is 1. The summed E-state index contributed by atoms with van der Waals surface area (Å²) in [4.78, 5) is 24.6. The molecule has 132 valence electrons. The highest BCUT2D eigenvalue weighted by molar-refractivity contribution is 5.74. The number of nitrogens with one attached hydrogen (secondary N) is 1. The van der Waals surface area contributed by atoms with Crippen molar-refractivity contribution >= 4 is 12.0 Å². The molecule has 1 aliphatic rings. The number of anilines is 1. The molecule has 1 aliphatic heterocycles. The highest BCUT2D eigenvalue weighted by Crippen LogP contribution is 2.10. The number of carbonyl (C=O) groups excluding carboxylic acids is 1. The van der Waals surface area contributed by atoms with Gasteiger partial charge in [0.05, 0.1) is 0 Å². The van der Waals surface area contributed by atoms with Gasteiger partial charge in [-0.2, -0.15) is 0 Å². The molecule has 2 aromatic rings. The summed E-state index contributed by atoms with van der Waals surface area (Å²) in [5.41, 5.74) is 0.950. The third-order valence-electron chi connectivity index (χ3n) is 4.21. The van der Waals surface area contributed by atoms with Gasteiger partial charge in [0.2, 0.25) is 5.95 Å². The molecule has 0 unspecified atom stereocenters. The number of carbonyl (C=O) groups is 1. The van der Waals surface area contributed by atoms with Crippen LogP contribution in [0.15, 0.2) is 42.7 Å². The Labute approximate surface area is 146 Å². The Balaban J connectivity index is 1.37. The van der Waals surface area contributed by atoms with E-state index in [1.54, 1.807) is 24.5 Å². The average Bonchev–Trinajstić information content (AvgIpc) is 2.66. The van der Waals surface area contributed by atoms with E-state index >= 15 is 0 Å². The van der Waals surface area contributed by atoms with Crippen molar-refractivity contribution in [3.05, 3.63) is 54.1 Å². The number of aryl methyl sites for hydroxylation is 1. The smallest absolute Gasteiger partial charge is 0.317 e. The molecule has 7 heteroatoms. The first-order valence-electron chi connectivity index (χ1n) is 8.51. The molecule has 0 saturated carbocycles. The van der Waals surface area contributed by atoms with Crippen molar-refractivity contribution in [2.45, 2.75) is 12.8 Å². The maximum atomic E-state index is 13.1. The number of amides is 2. The molecular weight excluding hydrogens is 321 g/mol. The van der Waals surface area contributed by atoms with Crippen molar-refractivity contribution in [3.63, 3.8) is 0 Å². The number of rotatable bonds is 5. The predicted octanol–water partition coefficient (Wildman–Crippen LogP) is 2.08. The first-order chi connectivity index (χ1) is 12.2. The lowest BCUT2D eigenvalue weighted by Gasteiger charge is -2.34. The van der Waals surface area contributed by atoms with E-state index in [0.29, 0.717) is 25.6 Å². The van der Waals surface area contributed by atoms with Gasteiger partial charge in [-0.3, -0.25) is 0 Å². The van der Waals surface area contributed by atoms with Crippen molar-refractivity contribution in [3.8, 4) is 0 Å². The topological polar surface area (TPSA) is 61.4 Å². The fraction of sp³-hybridized carbons (Fsp3) is 0.389. The van der Waals surface area contributed by atoms with Crippen molar-refractivity contribution in [1.29, 1.82) is 0 Å². The Hall–Kier alpha value is -2.70. The van der Waals surface area contributed by atoms with Gasteiger partial charge in [0.1, 0.15) is 5.82 Å². The molecule has 6 nitrogen and oxygen atoms in total. The number of hydrogen-bond acceptors (Lipinski definition) is 4. The van der Waals surface area contributed by atoms with Crippen LogP contribution in [0.2, 0.25) is 0 Å². The number of benzene rings is 1. The van der Waals surface area contributed by atoms with E-state index in [1.165, 1.54) is 12.1 Å². The zero-order valence-corrected chi connectivity index (χ0v) is 14.1. The van der Waals surface area contributed by atoms with Gasteiger partial charge in [0, 0.05) is 45.1 Å². The minimum atomic E-state index is -0.221. The second-order valence-electron chi connectivity index (χ2n) is 5.99. The maximum absolute atomic E-state index is 13.1. The second kappa shape index (κ2) is 8.41. The molecule has 0 atom stereocenters. The van der Waals surface area contributed by atoms with Crippen LogP contribution in [0.3, 0.4) is 0 Å². The van der Waals surface area contributed by atoms with Gasteiger partial charge in [-0.25, -0.2) is 19.2 Å². The molecule has 1 aromatic heterocycles. The number of urea groups is 1. The third-order valence-corrected chi connectivity index (χ3v) is 4.21. The quantitative estimate of drug-likeness (QED) is 0.845. The molecule has 0 bridgehead atoms. The van der Waals surface area contributed by atoms with E-state index < -0.39 is 0 Å². The largest absolute Gasteiger partial charge is 0.338 e. The second-order valence-corrected chi connectivity index (χ2v) is 5.99. The van der Waals surface area contributed by atoms with E-state index in [-0.39, 0.29) is 11.8 Å². The van der Waals surface area contributed by atoms with Crippen LogP contribution in [0.1, 0.15) is 12.0 Å². The molecular formula is C18H22FN5O. The van der Waals surface area contributed by atoms with Gasteiger partial charge in [0.25, 0.3) is 0 Å². The van der Waals surface area contributed by atoms with Gasteiger partial charge in [-0.15, -0.1) is 0 Å². The fourth-order valence-corrected chi connectivity index (χ4v) is 2.86. The molecule has 0 aliphatic carbocycles. The number of aromatic nitrogens is 2. The molecule has 3 rings (SSSR count). The van der Waals surface area contributed by atoms with Crippen molar-refractivity contribution < 1.29 is 9.18 Å². The summed E-state index contributed by atoms with van der Waals surface area (Å²) >= 11 is 0. The SMILES string of the molecule is O=C(NCCCc1cccc(F)c1)N1CCN(c2ncccn2)CC1. The standard InChI is InChI=1S/C18H22FN5O/c19-16-6-1-4-15(14-16)5-2-7-22-18(25)24-12-10-23(11-13-24)17-20-8-3-9-21-17/h1,3-4,6,8-9,14H,2,5,7,10-13H2,(H,22,25). The normalized spacial score (nSPS) is 14.4. The Kier molecular flexibility index (Phi) is 5.77. The minimum absolute atomic E-state index is 0.0483. The summed E-state index contributed by atoms with van der Waals surface area (Å²) in [7, 11) is 0. The van der Waals surface area contributed by atoms with Crippen LogP contribution in [0.4, 0.5) is 15.1 Å². The van der Waals surface area contributed by atoms with Gasteiger partial charge in [-0.05, 0) is 36.6 Å². The van der Waals surface area contributed by atoms with E-state index in [9.17, 15) is 9.18 Å². The third kappa shape index (κ3) is 4.89. The van der Waals surface area contributed by atoms with Crippen LogP contribution in [0.5, 0.6) is 0 Å². The van der Waals surface area contributed by atoms with Crippen LogP contribution in [0.25, 0.3) is 0 Å². The highest BCUT2D eigenvalue weighted by atomic mass is 19.1. The number of nitrogens with zero attached hydrogens (tertiary/aromatic N) is 4. The maximum Gasteiger partial charge on any atom is 0.317 e. The first kappa shape index (κ1) is 17.1.